The minimum atomic E-state index is -4.39. The molecule has 1 saturated carbocycles. The second-order valence-corrected chi connectivity index (χ2v) is 7.10. The molecule has 27 heavy (non-hydrogen) atoms. The van der Waals surface area contributed by atoms with Crippen LogP contribution < -0.4 is 5.32 Å². The van der Waals surface area contributed by atoms with Crippen LogP contribution in [0.25, 0.3) is 10.9 Å². The summed E-state index contributed by atoms with van der Waals surface area (Å²) >= 11 is 0. The number of aromatic nitrogens is 1. The van der Waals surface area contributed by atoms with Gasteiger partial charge in [0.25, 0.3) is 0 Å². The molecule has 0 saturated heterocycles. The van der Waals surface area contributed by atoms with Crippen molar-refractivity contribution >= 4 is 16.8 Å². The first kappa shape index (κ1) is 17.6. The Bertz CT molecular complexity index is 986. The number of halogens is 3. The fourth-order valence-electron chi connectivity index (χ4n) is 3.77. The summed E-state index contributed by atoms with van der Waals surface area (Å²) in [6.07, 6.45) is -0.229. The minimum Gasteiger partial charge on any atom is -0.361 e. The average molecular weight is 372 g/mol. The summed E-state index contributed by atoms with van der Waals surface area (Å²) in [6, 6.07) is 13.0. The summed E-state index contributed by atoms with van der Waals surface area (Å²) in [7, 11) is 0. The van der Waals surface area contributed by atoms with Gasteiger partial charge in [-0.05, 0) is 48.6 Å². The van der Waals surface area contributed by atoms with Gasteiger partial charge in [0, 0.05) is 17.1 Å². The molecule has 1 aliphatic carbocycles. The van der Waals surface area contributed by atoms with Crippen LogP contribution in [0.5, 0.6) is 0 Å². The molecule has 0 aliphatic heterocycles. The van der Waals surface area contributed by atoms with Crippen molar-refractivity contribution in [3.63, 3.8) is 0 Å². The van der Waals surface area contributed by atoms with Crippen LogP contribution in [0.3, 0.4) is 0 Å². The van der Waals surface area contributed by atoms with E-state index >= 15 is 0 Å². The molecule has 0 radical (unpaired) electrons. The van der Waals surface area contributed by atoms with E-state index in [0.717, 1.165) is 35.0 Å². The van der Waals surface area contributed by atoms with Gasteiger partial charge in [-0.25, -0.2) is 0 Å². The van der Waals surface area contributed by atoms with Crippen LogP contribution >= 0.6 is 0 Å². The number of carbonyl (C=O) groups excluding carboxylic acids is 1. The molecule has 2 N–H and O–H groups in total. The summed E-state index contributed by atoms with van der Waals surface area (Å²) in [5.41, 5.74) is 0.968. The second-order valence-electron chi connectivity index (χ2n) is 7.10. The Balaban J connectivity index is 1.56. The Morgan fingerprint density at radius 1 is 1.11 bits per heavy atom. The number of hydrogen-bond acceptors (Lipinski definition) is 1. The number of benzene rings is 2. The zero-order valence-electron chi connectivity index (χ0n) is 14.6. The SMILES string of the molecule is O=C(Cc1c[nH]c2ccccc12)NC1(c2cccc(C(F)(F)F)c2)CCC1. The van der Waals surface area contributed by atoms with Crippen molar-refractivity contribution in [3.05, 3.63) is 71.4 Å². The van der Waals surface area contributed by atoms with Gasteiger partial charge in [-0.3, -0.25) is 4.79 Å². The molecule has 3 nitrogen and oxygen atoms in total. The van der Waals surface area contributed by atoms with Gasteiger partial charge in [0.1, 0.15) is 0 Å². The number of alkyl halides is 3. The van der Waals surface area contributed by atoms with E-state index in [9.17, 15) is 18.0 Å². The van der Waals surface area contributed by atoms with Crippen molar-refractivity contribution in [2.24, 2.45) is 0 Å². The molecule has 6 heteroatoms. The molecule has 1 aromatic heterocycles. The lowest BCUT2D eigenvalue weighted by Gasteiger charge is -2.43. The first-order chi connectivity index (χ1) is 12.9. The van der Waals surface area contributed by atoms with Gasteiger partial charge in [-0.2, -0.15) is 13.2 Å². The molecular formula is C21H19F3N2O. The van der Waals surface area contributed by atoms with E-state index in [1.54, 1.807) is 6.07 Å². The van der Waals surface area contributed by atoms with Crippen molar-refractivity contribution in [1.29, 1.82) is 0 Å². The molecule has 140 valence electrons. The number of aromatic amines is 1. The molecule has 0 atom stereocenters. The monoisotopic (exact) mass is 372 g/mol. The van der Waals surface area contributed by atoms with Crippen molar-refractivity contribution in [1.82, 2.24) is 10.3 Å². The van der Waals surface area contributed by atoms with E-state index in [2.05, 4.69) is 10.3 Å². The number of nitrogens with one attached hydrogen (secondary N) is 2. The Morgan fingerprint density at radius 3 is 2.59 bits per heavy atom. The molecule has 1 amide bonds. The summed E-state index contributed by atoms with van der Waals surface area (Å²) in [5.74, 6) is -0.183. The van der Waals surface area contributed by atoms with Gasteiger partial charge in [0.05, 0.1) is 17.5 Å². The van der Waals surface area contributed by atoms with Gasteiger partial charge >= 0.3 is 6.18 Å². The quantitative estimate of drug-likeness (QED) is 0.670. The molecule has 1 aliphatic rings. The summed E-state index contributed by atoms with van der Waals surface area (Å²) in [4.78, 5) is 15.8. The molecule has 4 rings (SSSR count). The van der Waals surface area contributed by atoms with Crippen molar-refractivity contribution in [2.45, 2.75) is 37.4 Å². The highest BCUT2D eigenvalue weighted by atomic mass is 19.4. The first-order valence-corrected chi connectivity index (χ1v) is 8.91. The van der Waals surface area contributed by atoms with Gasteiger partial charge in [-0.15, -0.1) is 0 Å². The highest BCUT2D eigenvalue weighted by Gasteiger charge is 2.41. The summed E-state index contributed by atoms with van der Waals surface area (Å²) in [5, 5.41) is 3.99. The Hall–Kier alpha value is -2.76. The zero-order chi connectivity index (χ0) is 19.1. The maximum Gasteiger partial charge on any atom is 0.416 e. The number of fused-ring (bicyclic) bond motifs is 1. The Kier molecular flexibility index (Phi) is 4.21. The maximum atomic E-state index is 13.1. The van der Waals surface area contributed by atoms with Crippen LogP contribution in [-0.2, 0) is 22.9 Å². The molecule has 1 heterocycles. The maximum absolute atomic E-state index is 13.1. The average Bonchev–Trinajstić information content (AvgIpc) is 3.01. The van der Waals surface area contributed by atoms with Crippen LogP contribution in [0, 0.1) is 0 Å². The third-order valence-corrected chi connectivity index (χ3v) is 5.35. The van der Waals surface area contributed by atoms with Crippen molar-refractivity contribution in [2.75, 3.05) is 0 Å². The number of rotatable bonds is 4. The molecule has 3 aromatic rings. The first-order valence-electron chi connectivity index (χ1n) is 8.91. The predicted octanol–water partition coefficient (Wildman–Crippen LogP) is 4.92. The molecule has 1 fully saturated rings. The van der Waals surface area contributed by atoms with E-state index < -0.39 is 17.3 Å². The summed E-state index contributed by atoms with van der Waals surface area (Å²) in [6.45, 7) is 0. The van der Waals surface area contributed by atoms with E-state index in [0.29, 0.717) is 18.4 Å². The minimum absolute atomic E-state index is 0.183. The van der Waals surface area contributed by atoms with Crippen LogP contribution in [0.4, 0.5) is 13.2 Å². The summed E-state index contributed by atoms with van der Waals surface area (Å²) < 4.78 is 39.2. The molecule has 2 aromatic carbocycles. The van der Waals surface area contributed by atoms with Crippen LogP contribution in [0.15, 0.2) is 54.7 Å². The molecule has 0 unspecified atom stereocenters. The normalized spacial score (nSPS) is 16.1. The Morgan fingerprint density at radius 2 is 1.89 bits per heavy atom. The number of hydrogen-bond donors (Lipinski definition) is 2. The fourth-order valence-corrected chi connectivity index (χ4v) is 3.77. The molecule has 0 bridgehead atoms. The third-order valence-electron chi connectivity index (χ3n) is 5.35. The Labute approximate surface area is 154 Å². The number of amides is 1. The fraction of sp³-hybridized carbons (Fsp3) is 0.286. The van der Waals surface area contributed by atoms with Gasteiger partial charge in [-0.1, -0.05) is 30.3 Å². The number of H-pyrrole nitrogens is 1. The van der Waals surface area contributed by atoms with E-state index in [-0.39, 0.29) is 12.3 Å². The lowest BCUT2D eigenvalue weighted by Crippen LogP contribution is -2.51. The third kappa shape index (κ3) is 3.31. The number of carbonyl (C=O) groups is 1. The molecule has 0 spiro atoms. The van der Waals surface area contributed by atoms with Crippen molar-refractivity contribution in [3.8, 4) is 0 Å². The van der Waals surface area contributed by atoms with E-state index in [4.69, 9.17) is 0 Å². The lowest BCUT2D eigenvalue weighted by molar-refractivity contribution is -0.137. The topological polar surface area (TPSA) is 44.9 Å². The van der Waals surface area contributed by atoms with E-state index in [1.165, 1.54) is 6.07 Å². The number of para-hydroxylation sites is 1. The highest BCUT2D eigenvalue weighted by Crippen LogP contribution is 2.43. The van der Waals surface area contributed by atoms with Gasteiger partial charge in [0.15, 0.2) is 0 Å². The van der Waals surface area contributed by atoms with Gasteiger partial charge in [0.2, 0.25) is 5.91 Å². The standard InChI is InChI=1S/C21H19F3N2O/c22-21(23,24)16-6-3-5-15(12-16)20(9-4-10-20)26-19(27)11-14-13-25-18-8-2-1-7-17(14)18/h1-3,5-8,12-13,25H,4,9-11H2,(H,26,27). The van der Waals surface area contributed by atoms with Crippen LogP contribution in [0.1, 0.15) is 36.0 Å². The van der Waals surface area contributed by atoms with Crippen molar-refractivity contribution < 1.29 is 18.0 Å². The highest BCUT2D eigenvalue weighted by molar-refractivity contribution is 5.89. The van der Waals surface area contributed by atoms with E-state index in [1.807, 2.05) is 30.5 Å². The zero-order valence-corrected chi connectivity index (χ0v) is 14.6. The predicted molar refractivity (Wildman–Crippen MR) is 97.1 cm³/mol. The second kappa shape index (κ2) is 6.44. The van der Waals surface area contributed by atoms with Crippen LogP contribution in [0.2, 0.25) is 0 Å². The van der Waals surface area contributed by atoms with Crippen LogP contribution in [-0.4, -0.2) is 10.9 Å². The molecular weight excluding hydrogens is 353 g/mol. The van der Waals surface area contributed by atoms with Gasteiger partial charge < -0.3 is 10.3 Å². The smallest absolute Gasteiger partial charge is 0.361 e. The lowest BCUT2D eigenvalue weighted by atomic mass is 9.71. The largest absolute Gasteiger partial charge is 0.416 e.